The summed E-state index contributed by atoms with van der Waals surface area (Å²) in [4.78, 5) is 20.2. The second-order valence-electron chi connectivity index (χ2n) is 7.56. The van der Waals surface area contributed by atoms with Crippen molar-refractivity contribution in [3.63, 3.8) is 0 Å². The molecule has 1 aromatic carbocycles. The molecule has 0 bridgehead atoms. The minimum absolute atomic E-state index is 0.0544. The lowest BCUT2D eigenvalue weighted by molar-refractivity contribution is 0.0674. The fraction of sp³-hybridized carbons (Fsp3) is 0.381. The van der Waals surface area contributed by atoms with Gasteiger partial charge in [0.05, 0.1) is 16.3 Å². The van der Waals surface area contributed by atoms with Crippen molar-refractivity contribution in [1.29, 1.82) is 0 Å². The number of aromatic nitrogens is 3. The van der Waals surface area contributed by atoms with Gasteiger partial charge in [0.1, 0.15) is 5.82 Å². The molecule has 1 aliphatic rings. The Balaban J connectivity index is 1.56. The van der Waals surface area contributed by atoms with E-state index in [1.54, 1.807) is 35.7 Å². The quantitative estimate of drug-likeness (QED) is 0.545. The lowest BCUT2D eigenvalue weighted by Gasteiger charge is -2.35. The molecule has 1 aliphatic heterocycles. The van der Waals surface area contributed by atoms with Gasteiger partial charge in [0, 0.05) is 26.2 Å². The maximum atomic E-state index is 13.4. The van der Waals surface area contributed by atoms with Crippen LogP contribution in [0.5, 0.6) is 0 Å². The standard InChI is InChI=1S/C21H24FN5O3S2/c1-3-32(29,30)25(2)16-10-12-26(13-11-16)21(28)19-23-20(18-5-4-14-31-18)27(24-19)17-8-6-15(22)7-9-17/h4-9,14,16H,3,10-13H2,1-2H3. The molecule has 0 saturated carbocycles. The molecule has 0 N–H and O–H groups in total. The van der Waals surface area contributed by atoms with Gasteiger partial charge in [0.25, 0.3) is 5.91 Å². The lowest BCUT2D eigenvalue weighted by atomic mass is 10.1. The van der Waals surface area contributed by atoms with Gasteiger partial charge in [-0.1, -0.05) is 6.07 Å². The molecule has 1 fully saturated rings. The molecule has 0 aliphatic carbocycles. The number of piperidine rings is 1. The van der Waals surface area contributed by atoms with Gasteiger partial charge in [0.2, 0.25) is 15.8 Å². The van der Waals surface area contributed by atoms with Crippen LogP contribution >= 0.6 is 11.3 Å². The third-order valence-corrected chi connectivity index (χ3v) is 8.45. The molecule has 8 nitrogen and oxygen atoms in total. The smallest absolute Gasteiger partial charge is 0.293 e. The number of rotatable bonds is 6. The summed E-state index contributed by atoms with van der Waals surface area (Å²) in [5.74, 6) is -0.0352. The number of hydrogen-bond donors (Lipinski definition) is 0. The molecule has 0 unspecified atom stereocenters. The van der Waals surface area contributed by atoms with Crippen LogP contribution in [0.15, 0.2) is 41.8 Å². The van der Waals surface area contributed by atoms with Crippen molar-refractivity contribution in [2.45, 2.75) is 25.8 Å². The predicted octanol–water partition coefficient (Wildman–Crippen LogP) is 3.02. The molecule has 3 heterocycles. The number of likely N-dealkylation sites (tertiary alicyclic amines) is 1. The topological polar surface area (TPSA) is 88.4 Å². The number of carbonyl (C=O) groups is 1. The Morgan fingerprint density at radius 3 is 2.50 bits per heavy atom. The van der Waals surface area contributed by atoms with Crippen LogP contribution in [0.2, 0.25) is 0 Å². The summed E-state index contributed by atoms with van der Waals surface area (Å²) in [7, 11) is -1.68. The molecular formula is C21H24FN5O3S2. The van der Waals surface area contributed by atoms with Crippen molar-refractivity contribution in [3.8, 4) is 16.4 Å². The van der Waals surface area contributed by atoms with Crippen molar-refractivity contribution < 1.29 is 17.6 Å². The number of nitrogens with zero attached hydrogens (tertiary/aromatic N) is 5. The number of sulfonamides is 1. The highest BCUT2D eigenvalue weighted by molar-refractivity contribution is 7.89. The van der Waals surface area contributed by atoms with Crippen LogP contribution in [0, 0.1) is 5.82 Å². The highest BCUT2D eigenvalue weighted by atomic mass is 32.2. The van der Waals surface area contributed by atoms with Crippen LogP contribution in [0.1, 0.15) is 30.4 Å². The number of hydrogen-bond acceptors (Lipinski definition) is 6. The summed E-state index contributed by atoms with van der Waals surface area (Å²) < 4.78 is 40.7. The second-order valence-corrected chi connectivity index (χ2v) is 10.8. The maximum Gasteiger partial charge on any atom is 0.293 e. The molecule has 11 heteroatoms. The van der Waals surface area contributed by atoms with Gasteiger partial charge in [-0.2, -0.15) is 0 Å². The van der Waals surface area contributed by atoms with E-state index in [0.29, 0.717) is 37.4 Å². The van der Waals surface area contributed by atoms with Gasteiger partial charge in [-0.3, -0.25) is 4.79 Å². The molecular weight excluding hydrogens is 453 g/mol. The van der Waals surface area contributed by atoms with E-state index in [2.05, 4.69) is 10.1 Å². The summed E-state index contributed by atoms with van der Waals surface area (Å²) in [5, 5.41) is 6.35. The van der Waals surface area contributed by atoms with Gasteiger partial charge in [-0.25, -0.2) is 26.8 Å². The summed E-state index contributed by atoms with van der Waals surface area (Å²) in [6.07, 6.45) is 1.11. The highest BCUT2D eigenvalue weighted by Crippen LogP contribution is 2.27. The molecule has 0 atom stereocenters. The fourth-order valence-electron chi connectivity index (χ4n) is 3.74. The predicted molar refractivity (Wildman–Crippen MR) is 121 cm³/mol. The summed E-state index contributed by atoms with van der Waals surface area (Å²) >= 11 is 1.47. The van der Waals surface area contributed by atoms with E-state index in [1.807, 2.05) is 17.5 Å². The number of amides is 1. The van der Waals surface area contributed by atoms with Crippen LogP contribution < -0.4 is 0 Å². The monoisotopic (exact) mass is 477 g/mol. The first kappa shape index (κ1) is 22.6. The number of carbonyl (C=O) groups excluding carboxylic acids is 1. The molecule has 0 spiro atoms. The van der Waals surface area contributed by atoms with Crippen molar-refractivity contribution in [3.05, 3.63) is 53.4 Å². The maximum absolute atomic E-state index is 13.4. The zero-order valence-corrected chi connectivity index (χ0v) is 19.4. The molecule has 0 radical (unpaired) electrons. The Morgan fingerprint density at radius 1 is 1.22 bits per heavy atom. The minimum Gasteiger partial charge on any atom is -0.336 e. The Morgan fingerprint density at radius 2 is 1.91 bits per heavy atom. The molecule has 32 heavy (non-hydrogen) atoms. The molecule has 4 rings (SSSR count). The van der Waals surface area contributed by atoms with Gasteiger partial charge in [-0.15, -0.1) is 16.4 Å². The highest BCUT2D eigenvalue weighted by Gasteiger charge is 2.32. The molecule has 1 saturated heterocycles. The fourth-order valence-corrected chi connectivity index (χ4v) is 5.51. The largest absolute Gasteiger partial charge is 0.336 e. The first-order chi connectivity index (χ1) is 15.3. The van der Waals surface area contributed by atoms with Crippen LogP contribution in [-0.2, 0) is 10.0 Å². The summed E-state index contributed by atoms with van der Waals surface area (Å²) in [6.45, 7) is 2.47. The van der Waals surface area contributed by atoms with Crippen molar-refractivity contribution >= 4 is 27.3 Å². The normalized spacial score (nSPS) is 15.4. The van der Waals surface area contributed by atoms with Gasteiger partial charge in [0.15, 0.2) is 5.82 Å². The van der Waals surface area contributed by atoms with Crippen molar-refractivity contribution in [2.75, 3.05) is 25.9 Å². The number of halogens is 1. The number of benzene rings is 1. The van der Waals surface area contributed by atoms with E-state index in [-0.39, 0.29) is 29.3 Å². The van der Waals surface area contributed by atoms with Crippen LogP contribution in [0.25, 0.3) is 16.4 Å². The van der Waals surface area contributed by atoms with E-state index in [1.165, 1.54) is 27.8 Å². The van der Waals surface area contributed by atoms with Crippen LogP contribution in [0.4, 0.5) is 4.39 Å². The molecule has 1 amide bonds. The van der Waals surface area contributed by atoms with Crippen LogP contribution in [0.3, 0.4) is 0 Å². The third kappa shape index (κ3) is 4.45. The van der Waals surface area contributed by atoms with Gasteiger partial charge >= 0.3 is 0 Å². The first-order valence-electron chi connectivity index (χ1n) is 10.3. The first-order valence-corrected chi connectivity index (χ1v) is 12.8. The van der Waals surface area contributed by atoms with Crippen LogP contribution in [-0.4, -0.2) is 70.2 Å². The van der Waals surface area contributed by atoms with Crippen molar-refractivity contribution in [1.82, 2.24) is 24.0 Å². The van der Waals surface area contributed by atoms with E-state index >= 15 is 0 Å². The number of thiophene rings is 1. The zero-order valence-electron chi connectivity index (χ0n) is 17.8. The van der Waals surface area contributed by atoms with E-state index in [9.17, 15) is 17.6 Å². The third-order valence-electron chi connectivity index (χ3n) is 5.68. The zero-order chi connectivity index (χ0) is 22.9. The lowest BCUT2D eigenvalue weighted by Crippen LogP contribution is -2.47. The SMILES string of the molecule is CCS(=O)(=O)N(C)C1CCN(C(=O)c2nc(-c3cccs3)n(-c3ccc(F)cc3)n2)CC1. The Labute approximate surface area is 190 Å². The summed E-state index contributed by atoms with van der Waals surface area (Å²) in [6, 6.07) is 9.49. The second kappa shape index (κ2) is 9.08. The molecule has 170 valence electrons. The van der Waals surface area contributed by atoms with Crippen molar-refractivity contribution in [2.24, 2.45) is 0 Å². The van der Waals surface area contributed by atoms with E-state index in [4.69, 9.17) is 0 Å². The van der Waals surface area contributed by atoms with Gasteiger partial charge < -0.3 is 4.90 Å². The average molecular weight is 478 g/mol. The summed E-state index contributed by atoms with van der Waals surface area (Å²) in [5.41, 5.74) is 0.603. The van der Waals surface area contributed by atoms with E-state index < -0.39 is 10.0 Å². The Bertz CT molecular complexity index is 1180. The molecule has 2 aromatic heterocycles. The average Bonchev–Trinajstić information content (AvgIpc) is 3.49. The van der Waals surface area contributed by atoms with E-state index in [0.717, 1.165) is 4.88 Å². The molecule has 3 aromatic rings. The Hall–Kier alpha value is -2.63. The van der Waals surface area contributed by atoms with Gasteiger partial charge in [-0.05, 0) is 55.5 Å². The Kier molecular flexibility index (Phi) is 6.40. The minimum atomic E-state index is -3.27.